The van der Waals surface area contributed by atoms with E-state index < -0.39 is 0 Å². The van der Waals surface area contributed by atoms with Crippen LogP contribution in [0.25, 0.3) is 0 Å². The molecule has 0 saturated carbocycles. The van der Waals surface area contributed by atoms with E-state index in [9.17, 15) is 4.79 Å². The van der Waals surface area contributed by atoms with E-state index in [1.807, 2.05) is 31.2 Å². The molecular formula is C12H18N2O3. The lowest BCUT2D eigenvalue weighted by Gasteiger charge is -2.07. The van der Waals surface area contributed by atoms with E-state index in [4.69, 9.17) is 15.2 Å². The van der Waals surface area contributed by atoms with E-state index in [1.165, 1.54) is 0 Å². The van der Waals surface area contributed by atoms with Gasteiger partial charge in [-0.15, -0.1) is 0 Å². The number of rotatable bonds is 7. The number of hydrogen-bond acceptors (Lipinski definition) is 5. The van der Waals surface area contributed by atoms with Gasteiger partial charge in [-0.3, -0.25) is 0 Å². The summed E-state index contributed by atoms with van der Waals surface area (Å²) in [6.45, 7) is 3.23. The summed E-state index contributed by atoms with van der Waals surface area (Å²) in [5, 5.41) is 3.11. The van der Waals surface area contributed by atoms with Gasteiger partial charge in [-0.25, -0.2) is 4.79 Å². The zero-order chi connectivity index (χ0) is 12.5. The molecule has 0 aliphatic carbocycles. The molecule has 94 valence electrons. The minimum absolute atomic E-state index is 0.0123. The molecule has 1 rings (SSSR count). The van der Waals surface area contributed by atoms with Crippen LogP contribution in [0.15, 0.2) is 24.3 Å². The number of carbonyl (C=O) groups excluding carboxylic acids is 1. The summed E-state index contributed by atoms with van der Waals surface area (Å²) >= 11 is 0. The van der Waals surface area contributed by atoms with Crippen LogP contribution >= 0.6 is 0 Å². The first-order valence-electron chi connectivity index (χ1n) is 5.55. The van der Waals surface area contributed by atoms with E-state index in [1.54, 1.807) is 0 Å². The van der Waals surface area contributed by atoms with Crippen molar-refractivity contribution in [3.05, 3.63) is 24.3 Å². The maximum Gasteiger partial charge on any atom is 0.332 e. The first-order chi connectivity index (χ1) is 8.22. The predicted molar refractivity (Wildman–Crippen MR) is 66.8 cm³/mol. The van der Waals surface area contributed by atoms with Gasteiger partial charge in [0.2, 0.25) is 0 Å². The van der Waals surface area contributed by atoms with Crippen LogP contribution in [0, 0.1) is 0 Å². The molecule has 0 atom stereocenters. The van der Waals surface area contributed by atoms with E-state index >= 15 is 0 Å². The third-order valence-corrected chi connectivity index (χ3v) is 2.03. The fraction of sp³-hybridized carbons (Fsp3) is 0.417. The lowest BCUT2D eigenvalue weighted by atomic mass is 10.3. The fourth-order valence-corrected chi connectivity index (χ4v) is 1.19. The average Bonchev–Trinajstić information content (AvgIpc) is 2.34. The smallest absolute Gasteiger partial charge is 0.332 e. The van der Waals surface area contributed by atoms with Crippen LogP contribution in [0.3, 0.4) is 0 Å². The number of benzene rings is 1. The van der Waals surface area contributed by atoms with Crippen LogP contribution < -0.4 is 11.1 Å². The van der Waals surface area contributed by atoms with Crippen molar-refractivity contribution in [3.63, 3.8) is 0 Å². The highest BCUT2D eigenvalue weighted by Crippen LogP contribution is 2.09. The third-order valence-electron chi connectivity index (χ3n) is 2.03. The average molecular weight is 238 g/mol. The van der Waals surface area contributed by atoms with Crippen LogP contribution in [0.5, 0.6) is 0 Å². The Labute approximate surface area is 101 Å². The first kappa shape index (κ1) is 13.3. The van der Waals surface area contributed by atoms with Crippen LogP contribution in [-0.4, -0.2) is 32.3 Å². The van der Waals surface area contributed by atoms with Crippen LogP contribution in [-0.2, 0) is 14.3 Å². The SMILES string of the molecule is CCOCC(=O)OCCNc1ccc(N)cc1. The highest BCUT2D eigenvalue weighted by atomic mass is 16.6. The number of ether oxygens (including phenoxy) is 2. The minimum Gasteiger partial charge on any atom is -0.462 e. The Morgan fingerprint density at radius 1 is 1.35 bits per heavy atom. The molecule has 17 heavy (non-hydrogen) atoms. The largest absolute Gasteiger partial charge is 0.462 e. The van der Waals surface area contributed by atoms with Gasteiger partial charge < -0.3 is 20.5 Å². The topological polar surface area (TPSA) is 73.6 Å². The van der Waals surface area contributed by atoms with Crippen molar-refractivity contribution in [1.29, 1.82) is 0 Å². The Morgan fingerprint density at radius 3 is 2.71 bits per heavy atom. The Bertz CT molecular complexity index is 338. The Morgan fingerprint density at radius 2 is 2.06 bits per heavy atom. The summed E-state index contributed by atoms with van der Waals surface area (Å²) in [7, 11) is 0. The van der Waals surface area contributed by atoms with Gasteiger partial charge in [0.1, 0.15) is 13.2 Å². The summed E-state index contributed by atoms with van der Waals surface area (Å²) in [6.07, 6.45) is 0. The van der Waals surface area contributed by atoms with Gasteiger partial charge in [-0.1, -0.05) is 0 Å². The van der Waals surface area contributed by atoms with Crippen molar-refractivity contribution >= 4 is 17.3 Å². The summed E-state index contributed by atoms with van der Waals surface area (Å²) in [6, 6.07) is 7.36. The lowest BCUT2D eigenvalue weighted by Crippen LogP contribution is -2.17. The molecule has 1 aromatic rings. The molecule has 5 nitrogen and oxygen atoms in total. The molecule has 0 aliphatic heterocycles. The molecule has 0 spiro atoms. The van der Waals surface area contributed by atoms with E-state index in [2.05, 4.69) is 5.32 Å². The highest BCUT2D eigenvalue weighted by Gasteiger charge is 2.01. The van der Waals surface area contributed by atoms with Crippen LogP contribution in [0.1, 0.15) is 6.92 Å². The molecule has 0 radical (unpaired) electrons. The predicted octanol–water partition coefficient (Wildman–Crippen LogP) is 1.26. The van der Waals surface area contributed by atoms with Gasteiger partial charge in [-0.05, 0) is 31.2 Å². The monoisotopic (exact) mass is 238 g/mol. The number of anilines is 2. The summed E-state index contributed by atoms with van der Waals surface area (Å²) in [4.78, 5) is 11.1. The van der Waals surface area contributed by atoms with Gasteiger partial charge in [0.05, 0.1) is 0 Å². The van der Waals surface area contributed by atoms with Crippen molar-refractivity contribution in [2.75, 3.05) is 37.4 Å². The Balaban J connectivity index is 2.11. The zero-order valence-electron chi connectivity index (χ0n) is 9.94. The van der Waals surface area contributed by atoms with E-state index in [-0.39, 0.29) is 12.6 Å². The number of hydrogen-bond donors (Lipinski definition) is 2. The third kappa shape index (κ3) is 5.77. The molecule has 5 heteroatoms. The molecule has 0 aliphatic rings. The van der Waals surface area contributed by atoms with E-state index in [0.29, 0.717) is 19.8 Å². The van der Waals surface area contributed by atoms with Gasteiger partial charge in [0, 0.05) is 24.5 Å². The second-order valence-electron chi connectivity index (χ2n) is 3.41. The van der Waals surface area contributed by atoms with Crippen LogP contribution in [0.4, 0.5) is 11.4 Å². The Kier molecular flexibility index (Phi) is 5.88. The number of nitrogen functional groups attached to an aromatic ring is 1. The normalized spacial score (nSPS) is 9.94. The standard InChI is InChI=1S/C12H18N2O3/c1-2-16-9-12(15)17-8-7-14-11-5-3-10(13)4-6-11/h3-6,14H,2,7-9,13H2,1H3. The lowest BCUT2D eigenvalue weighted by molar-refractivity contribution is -0.148. The molecule has 0 fully saturated rings. The van der Waals surface area contributed by atoms with E-state index in [0.717, 1.165) is 11.4 Å². The maximum absolute atomic E-state index is 11.1. The van der Waals surface area contributed by atoms with Gasteiger partial charge >= 0.3 is 5.97 Å². The van der Waals surface area contributed by atoms with Gasteiger partial charge in [0.25, 0.3) is 0 Å². The van der Waals surface area contributed by atoms with Crippen molar-refractivity contribution in [1.82, 2.24) is 0 Å². The fourth-order valence-electron chi connectivity index (χ4n) is 1.19. The summed E-state index contributed by atoms with van der Waals surface area (Å²) < 4.78 is 9.85. The molecule has 0 unspecified atom stereocenters. The number of carbonyl (C=O) groups is 1. The summed E-state index contributed by atoms with van der Waals surface area (Å²) in [5.41, 5.74) is 7.22. The summed E-state index contributed by atoms with van der Waals surface area (Å²) in [5.74, 6) is -0.342. The quantitative estimate of drug-likeness (QED) is 0.425. The molecule has 0 heterocycles. The van der Waals surface area contributed by atoms with Crippen molar-refractivity contribution in [2.45, 2.75) is 6.92 Å². The molecule has 1 aromatic carbocycles. The molecular weight excluding hydrogens is 220 g/mol. The number of nitrogens with one attached hydrogen (secondary N) is 1. The molecule has 0 bridgehead atoms. The first-order valence-corrected chi connectivity index (χ1v) is 5.55. The molecule has 0 aromatic heterocycles. The van der Waals surface area contributed by atoms with Crippen molar-refractivity contribution in [3.8, 4) is 0 Å². The maximum atomic E-state index is 11.1. The van der Waals surface area contributed by atoms with Gasteiger partial charge in [0.15, 0.2) is 0 Å². The number of esters is 1. The highest BCUT2D eigenvalue weighted by molar-refractivity contribution is 5.70. The second-order valence-corrected chi connectivity index (χ2v) is 3.41. The van der Waals surface area contributed by atoms with Crippen molar-refractivity contribution < 1.29 is 14.3 Å². The molecule has 0 amide bonds. The van der Waals surface area contributed by atoms with Gasteiger partial charge in [-0.2, -0.15) is 0 Å². The zero-order valence-corrected chi connectivity index (χ0v) is 9.94. The number of nitrogens with two attached hydrogens (primary N) is 1. The minimum atomic E-state index is -0.342. The Hall–Kier alpha value is -1.75. The van der Waals surface area contributed by atoms with Crippen LogP contribution in [0.2, 0.25) is 0 Å². The molecule has 3 N–H and O–H groups in total. The molecule has 0 saturated heterocycles. The second kappa shape index (κ2) is 7.51. The van der Waals surface area contributed by atoms with Crippen molar-refractivity contribution in [2.24, 2.45) is 0 Å².